The first-order valence-corrected chi connectivity index (χ1v) is 13.3. The molecule has 1 aliphatic carbocycles. The highest BCUT2D eigenvalue weighted by molar-refractivity contribution is 6.10. The van der Waals surface area contributed by atoms with Gasteiger partial charge in [-0.15, -0.1) is 0 Å². The molecule has 0 amide bonds. The lowest BCUT2D eigenvalue weighted by molar-refractivity contribution is 0.805. The van der Waals surface area contributed by atoms with E-state index in [1.165, 1.54) is 61.0 Å². The summed E-state index contributed by atoms with van der Waals surface area (Å²) in [4.78, 5) is 0. The number of rotatable bonds is 3. The molecule has 1 N–H and O–H groups in total. The molecule has 2 heterocycles. The molecule has 2 nitrogen and oxygen atoms in total. The van der Waals surface area contributed by atoms with Crippen molar-refractivity contribution in [3.8, 4) is 27.9 Å². The molecule has 38 heavy (non-hydrogen) atoms. The Morgan fingerprint density at radius 3 is 2.21 bits per heavy atom. The summed E-state index contributed by atoms with van der Waals surface area (Å²) in [6.45, 7) is 0. The summed E-state index contributed by atoms with van der Waals surface area (Å²) in [5.74, 6) is 0.400. The zero-order valence-electron chi connectivity index (χ0n) is 20.9. The Labute approximate surface area is 222 Å². The Morgan fingerprint density at radius 1 is 0.526 bits per heavy atom. The van der Waals surface area contributed by atoms with Crippen molar-refractivity contribution in [2.75, 3.05) is 5.32 Å². The zero-order valence-corrected chi connectivity index (χ0v) is 20.9. The highest BCUT2D eigenvalue weighted by Gasteiger charge is 2.29. The van der Waals surface area contributed by atoms with Gasteiger partial charge in [0.2, 0.25) is 0 Å². The van der Waals surface area contributed by atoms with E-state index in [0.717, 1.165) is 0 Å². The average Bonchev–Trinajstić information content (AvgIpc) is 3.53. The lowest BCUT2D eigenvalue weighted by Crippen LogP contribution is -2.17. The number of nitrogens with zero attached hydrogens (tertiary/aromatic N) is 1. The molecule has 8 rings (SSSR count). The highest BCUT2D eigenvalue weighted by atomic mass is 15.0. The standard InChI is InChI=1S/C36H26N2/c1-2-9-24(10-3-1)25-11-8-12-28(21-25)38-35-16-7-5-14-30(35)32-23-27(18-20-36(32)38)26-17-19-34-31(22-26)29-13-4-6-15-33(29)37-34/h1-23,29,33,37H. The maximum atomic E-state index is 3.67. The SMILES string of the molecule is C1=CC2Nc3ccc(-c4ccc5c(c4)c4ccccc4n5-c4cccc(-c5ccccc5)c4)cc3C2C=C1. The molecule has 2 atom stereocenters. The third-order valence-electron chi connectivity index (χ3n) is 8.09. The number of hydrogen-bond acceptors (Lipinski definition) is 1. The van der Waals surface area contributed by atoms with Gasteiger partial charge in [-0.3, -0.25) is 0 Å². The van der Waals surface area contributed by atoms with Gasteiger partial charge in [-0.25, -0.2) is 0 Å². The van der Waals surface area contributed by atoms with Crippen LogP contribution in [0, 0.1) is 0 Å². The largest absolute Gasteiger partial charge is 0.378 e. The van der Waals surface area contributed by atoms with Crippen molar-refractivity contribution in [2.45, 2.75) is 12.0 Å². The summed E-state index contributed by atoms with van der Waals surface area (Å²) < 4.78 is 2.40. The maximum absolute atomic E-state index is 3.67. The number of fused-ring (bicyclic) bond motifs is 6. The van der Waals surface area contributed by atoms with Crippen LogP contribution in [0.4, 0.5) is 5.69 Å². The van der Waals surface area contributed by atoms with Crippen LogP contribution in [0.3, 0.4) is 0 Å². The van der Waals surface area contributed by atoms with Gasteiger partial charge in [0, 0.05) is 28.1 Å². The lowest BCUT2D eigenvalue weighted by atomic mass is 9.90. The van der Waals surface area contributed by atoms with Crippen LogP contribution in [0.25, 0.3) is 49.7 Å². The molecule has 5 aromatic carbocycles. The number of allylic oxidation sites excluding steroid dienone is 2. The number of nitrogens with one attached hydrogen (secondary N) is 1. The second-order valence-electron chi connectivity index (χ2n) is 10.3. The third-order valence-corrected chi connectivity index (χ3v) is 8.09. The van der Waals surface area contributed by atoms with Crippen LogP contribution in [0.5, 0.6) is 0 Å². The zero-order chi connectivity index (χ0) is 25.1. The normalized spacial score (nSPS) is 17.5. The van der Waals surface area contributed by atoms with Gasteiger partial charge < -0.3 is 9.88 Å². The second-order valence-corrected chi connectivity index (χ2v) is 10.3. The summed E-state index contributed by atoms with van der Waals surface area (Å²) >= 11 is 0. The number of anilines is 1. The summed E-state index contributed by atoms with van der Waals surface area (Å²) in [6, 6.07) is 42.4. The third kappa shape index (κ3) is 3.27. The van der Waals surface area contributed by atoms with Gasteiger partial charge in [0.25, 0.3) is 0 Å². The van der Waals surface area contributed by atoms with Crippen LogP contribution in [0.2, 0.25) is 0 Å². The summed E-state index contributed by atoms with van der Waals surface area (Å²) in [6.07, 6.45) is 8.88. The molecule has 0 fully saturated rings. The lowest BCUT2D eigenvalue weighted by Gasteiger charge is -2.15. The minimum Gasteiger partial charge on any atom is -0.378 e. The van der Waals surface area contributed by atoms with E-state index in [0.29, 0.717) is 12.0 Å². The van der Waals surface area contributed by atoms with E-state index < -0.39 is 0 Å². The van der Waals surface area contributed by atoms with E-state index in [1.54, 1.807) is 0 Å². The molecule has 0 spiro atoms. The quantitative estimate of drug-likeness (QED) is 0.264. The Kier molecular flexibility index (Phi) is 4.68. The first-order chi connectivity index (χ1) is 18.8. The molecular weight excluding hydrogens is 460 g/mol. The number of para-hydroxylation sites is 1. The molecule has 0 bridgehead atoms. The van der Waals surface area contributed by atoms with E-state index in [4.69, 9.17) is 0 Å². The van der Waals surface area contributed by atoms with Crippen molar-refractivity contribution in [2.24, 2.45) is 0 Å². The Morgan fingerprint density at radius 2 is 1.26 bits per heavy atom. The minimum absolute atomic E-state index is 0.359. The smallest absolute Gasteiger partial charge is 0.0551 e. The molecular formula is C36H26N2. The molecule has 2 aliphatic rings. The van der Waals surface area contributed by atoms with Crippen LogP contribution >= 0.6 is 0 Å². The van der Waals surface area contributed by atoms with E-state index in [2.05, 4.69) is 149 Å². The molecule has 2 heteroatoms. The molecule has 0 saturated carbocycles. The maximum Gasteiger partial charge on any atom is 0.0551 e. The van der Waals surface area contributed by atoms with Gasteiger partial charge in [-0.1, -0.05) is 97.1 Å². The molecule has 1 aliphatic heterocycles. The van der Waals surface area contributed by atoms with Gasteiger partial charge >= 0.3 is 0 Å². The van der Waals surface area contributed by atoms with Gasteiger partial charge in [0.1, 0.15) is 0 Å². The topological polar surface area (TPSA) is 17.0 Å². The van der Waals surface area contributed by atoms with Gasteiger partial charge in [-0.2, -0.15) is 0 Å². The van der Waals surface area contributed by atoms with Crippen molar-refractivity contribution in [1.82, 2.24) is 4.57 Å². The van der Waals surface area contributed by atoms with Crippen LogP contribution in [0.15, 0.2) is 140 Å². The van der Waals surface area contributed by atoms with Gasteiger partial charge in [-0.05, 0) is 70.3 Å². The molecule has 1 aromatic heterocycles. The Hall–Kier alpha value is -4.82. The fraction of sp³-hybridized carbons (Fsp3) is 0.0556. The van der Waals surface area contributed by atoms with Crippen LogP contribution in [-0.2, 0) is 0 Å². The molecule has 0 radical (unpaired) electrons. The first-order valence-electron chi connectivity index (χ1n) is 13.3. The van der Waals surface area contributed by atoms with Crippen molar-refractivity contribution in [3.05, 3.63) is 145 Å². The van der Waals surface area contributed by atoms with Crippen LogP contribution < -0.4 is 5.32 Å². The monoisotopic (exact) mass is 486 g/mol. The van der Waals surface area contributed by atoms with Crippen molar-refractivity contribution in [1.29, 1.82) is 0 Å². The molecule has 6 aromatic rings. The average molecular weight is 487 g/mol. The predicted molar refractivity (Wildman–Crippen MR) is 160 cm³/mol. The highest BCUT2D eigenvalue weighted by Crippen LogP contribution is 2.42. The number of aromatic nitrogens is 1. The van der Waals surface area contributed by atoms with Crippen LogP contribution in [0.1, 0.15) is 11.5 Å². The minimum atomic E-state index is 0.359. The van der Waals surface area contributed by atoms with Crippen LogP contribution in [-0.4, -0.2) is 10.6 Å². The Bertz CT molecular complexity index is 1910. The van der Waals surface area contributed by atoms with Gasteiger partial charge in [0.15, 0.2) is 0 Å². The summed E-state index contributed by atoms with van der Waals surface area (Å²) in [5.41, 5.74) is 11.2. The van der Waals surface area contributed by atoms with Gasteiger partial charge in [0.05, 0.1) is 17.1 Å². The van der Waals surface area contributed by atoms with Crippen molar-refractivity contribution >= 4 is 27.5 Å². The second kappa shape index (κ2) is 8.36. The number of hydrogen-bond donors (Lipinski definition) is 1. The van der Waals surface area contributed by atoms with E-state index >= 15 is 0 Å². The summed E-state index contributed by atoms with van der Waals surface area (Å²) in [7, 11) is 0. The predicted octanol–water partition coefficient (Wildman–Crippen LogP) is 9.12. The van der Waals surface area contributed by atoms with E-state index in [1.807, 2.05) is 0 Å². The fourth-order valence-electron chi connectivity index (χ4n) is 6.26. The van der Waals surface area contributed by atoms with Crippen molar-refractivity contribution in [3.63, 3.8) is 0 Å². The molecule has 2 unspecified atom stereocenters. The Balaban J connectivity index is 1.28. The molecule has 0 saturated heterocycles. The molecule has 180 valence electrons. The summed E-state index contributed by atoms with van der Waals surface area (Å²) in [5, 5.41) is 6.22. The van der Waals surface area contributed by atoms with E-state index in [-0.39, 0.29) is 0 Å². The fourth-order valence-corrected chi connectivity index (χ4v) is 6.26. The first kappa shape index (κ1) is 21.3. The van der Waals surface area contributed by atoms with E-state index in [9.17, 15) is 0 Å². The number of benzene rings is 5. The van der Waals surface area contributed by atoms with Crippen molar-refractivity contribution < 1.29 is 0 Å².